The third-order valence-electron chi connectivity index (χ3n) is 2.39. The minimum Gasteiger partial charge on any atom is -0.399 e. The number of benzene rings is 1. The first-order valence-corrected chi connectivity index (χ1v) is 4.64. The Kier molecular flexibility index (Phi) is 2.04. The van der Waals surface area contributed by atoms with Crippen molar-refractivity contribution in [2.75, 3.05) is 16.8 Å². The van der Waals surface area contributed by atoms with E-state index in [2.05, 4.69) is 5.32 Å². The molecule has 4 heteroatoms. The van der Waals surface area contributed by atoms with Crippen LogP contribution < -0.4 is 16.8 Å². The zero-order valence-corrected chi connectivity index (χ0v) is 7.84. The van der Waals surface area contributed by atoms with Crippen LogP contribution in [-0.2, 0) is 11.2 Å². The fourth-order valence-corrected chi connectivity index (χ4v) is 1.74. The van der Waals surface area contributed by atoms with Crippen molar-refractivity contribution >= 4 is 23.0 Å². The Morgan fingerprint density at radius 2 is 2.00 bits per heavy atom. The van der Waals surface area contributed by atoms with Gasteiger partial charge in [-0.25, -0.2) is 0 Å². The maximum Gasteiger partial charge on any atom is 0.224 e. The number of carbonyl (C=O) groups is 1. The molecular weight excluding hydrogens is 178 g/mol. The molecule has 4 nitrogen and oxygen atoms in total. The summed E-state index contributed by atoms with van der Waals surface area (Å²) in [7, 11) is 0. The number of nitrogens with one attached hydrogen (secondary N) is 1. The van der Waals surface area contributed by atoms with Gasteiger partial charge in [-0.15, -0.1) is 0 Å². The summed E-state index contributed by atoms with van der Waals surface area (Å²) in [5, 5.41) is 2.80. The zero-order valence-electron chi connectivity index (χ0n) is 7.84. The van der Waals surface area contributed by atoms with Gasteiger partial charge in [0.1, 0.15) is 0 Å². The van der Waals surface area contributed by atoms with Crippen molar-refractivity contribution in [1.29, 1.82) is 0 Å². The Labute approximate surface area is 82.3 Å². The standard InChI is InChI=1S/C10H13N3O/c11-7-4-6-2-1-3-9(14)13-10(6)8(12)5-7/h4-5H,1-3,11-12H2,(H,13,14). The van der Waals surface area contributed by atoms with Gasteiger partial charge in [-0.1, -0.05) is 0 Å². The number of hydrogen-bond acceptors (Lipinski definition) is 3. The highest BCUT2D eigenvalue weighted by molar-refractivity contribution is 5.96. The van der Waals surface area contributed by atoms with E-state index >= 15 is 0 Å². The molecule has 1 amide bonds. The number of amides is 1. The van der Waals surface area contributed by atoms with Gasteiger partial charge in [0, 0.05) is 12.1 Å². The summed E-state index contributed by atoms with van der Waals surface area (Å²) < 4.78 is 0. The SMILES string of the molecule is Nc1cc(N)c2c(c1)CCCC(=O)N2. The van der Waals surface area contributed by atoms with Gasteiger partial charge in [-0.05, 0) is 30.5 Å². The van der Waals surface area contributed by atoms with Crippen LogP contribution in [0, 0.1) is 0 Å². The Bertz CT molecular complexity index is 387. The van der Waals surface area contributed by atoms with Crippen molar-refractivity contribution in [2.24, 2.45) is 0 Å². The molecule has 74 valence electrons. The summed E-state index contributed by atoms with van der Waals surface area (Å²) in [6, 6.07) is 3.54. The summed E-state index contributed by atoms with van der Waals surface area (Å²) in [6.45, 7) is 0. The molecule has 0 saturated carbocycles. The Morgan fingerprint density at radius 3 is 2.79 bits per heavy atom. The second-order valence-electron chi connectivity index (χ2n) is 3.55. The number of aryl methyl sites for hydroxylation is 1. The summed E-state index contributed by atoms with van der Waals surface area (Å²) in [6.07, 6.45) is 2.25. The van der Waals surface area contributed by atoms with Crippen LogP contribution in [-0.4, -0.2) is 5.91 Å². The Morgan fingerprint density at radius 1 is 1.21 bits per heavy atom. The lowest BCUT2D eigenvalue weighted by Gasteiger charge is -2.10. The van der Waals surface area contributed by atoms with Crippen molar-refractivity contribution in [2.45, 2.75) is 19.3 Å². The van der Waals surface area contributed by atoms with E-state index < -0.39 is 0 Å². The first kappa shape index (κ1) is 8.87. The molecule has 0 fully saturated rings. The van der Waals surface area contributed by atoms with E-state index in [1.54, 1.807) is 6.07 Å². The molecule has 14 heavy (non-hydrogen) atoms. The third kappa shape index (κ3) is 1.51. The van der Waals surface area contributed by atoms with Gasteiger partial charge in [0.05, 0.1) is 11.4 Å². The number of nitrogen functional groups attached to an aromatic ring is 2. The summed E-state index contributed by atoms with van der Waals surface area (Å²) in [5.41, 5.74) is 14.4. The quantitative estimate of drug-likeness (QED) is 0.537. The van der Waals surface area contributed by atoms with E-state index in [4.69, 9.17) is 11.5 Å². The molecule has 0 saturated heterocycles. The highest BCUT2D eigenvalue weighted by atomic mass is 16.1. The maximum atomic E-state index is 11.3. The van der Waals surface area contributed by atoms with Crippen LogP contribution in [0.15, 0.2) is 12.1 Å². The lowest BCUT2D eigenvalue weighted by Crippen LogP contribution is -2.11. The average molecular weight is 191 g/mol. The topological polar surface area (TPSA) is 81.1 Å². The largest absolute Gasteiger partial charge is 0.399 e. The molecule has 1 aliphatic heterocycles. The molecule has 0 spiro atoms. The second kappa shape index (κ2) is 3.21. The van der Waals surface area contributed by atoms with Gasteiger partial charge in [-0.2, -0.15) is 0 Å². The minimum absolute atomic E-state index is 0.0280. The normalized spacial score (nSPS) is 15.6. The second-order valence-corrected chi connectivity index (χ2v) is 3.55. The van der Waals surface area contributed by atoms with Crippen molar-refractivity contribution in [3.63, 3.8) is 0 Å². The van der Waals surface area contributed by atoms with Gasteiger partial charge in [0.25, 0.3) is 0 Å². The van der Waals surface area contributed by atoms with Crippen molar-refractivity contribution in [3.05, 3.63) is 17.7 Å². The van der Waals surface area contributed by atoms with Gasteiger partial charge >= 0.3 is 0 Å². The van der Waals surface area contributed by atoms with Crippen LogP contribution in [0.2, 0.25) is 0 Å². The van der Waals surface area contributed by atoms with Crippen LogP contribution in [0.1, 0.15) is 18.4 Å². The van der Waals surface area contributed by atoms with Crippen molar-refractivity contribution < 1.29 is 4.79 Å². The van der Waals surface area contributed by atoms with Crippen molar-refractivity contribution in [1.82, 2.24) is 0 Å². The predicted molar refractivity (Wildman–Crippen MR) is 56.8 cm³/mol. The van der Waals surface area contributed by atoms with Crippen LogP contribution in [0.5, 0.6) is 0 Å². The van der Waals surface area contributed by atoms with Gasteiger partial charge in [0.2, 0.25) is 5.91 Å². The number of fused-ring (bicyclic) bond motifs is 1. The number of rotatable bonds is 0. The van der Waals surface area contributed by atoms with E-state index in [0.717, 1.165) is 24.1 Å². The summed E-state index contributed by atoms with van der Waals surface area (Å²) in [4.78, 5) is 11.3. The number of carbonyl (C=O) groups excluding carboxylic acids is 1. The molecule has 0 aliphatic carbocycles. The van der Waals surface area contributed by atoms with Crippen LogP contribution in [0.25, 0.3) is 0 Å². The first-order chi connectivity index (χ1) is 6.66. The molecular formula is C10H13N3O. The molecule has 0 bridgehead atoms. The van der Waals surface area contributed by atoms with Gasteiger partial charge in [-0.3, -0.25) is 4.79 Å². The third-order valence-corrected chi connectivity index (χ3v) is 2.39. The van der Waals surface area contributed by atoms with E-state index in [1.807, 2.05) is 6.07 Å². The number of nitrogens with two attached hydrogens (primary N) is 2. The first-order valence-electron chi connectivity index (χ1n) is 4.64. The monoisotopic (exact) mass is 191 g/mol. The van der Waals surface area contributed by atoms with E-state index in [0.29, 0.717) is 17.8 Å². The number of anilines is 3. The molecule has 1 aromatic carbocycles. The summed E-state index contributed by atoms with van der Waals surface area (Å²) in [5.74, 6) is 0.0280. The smallest absolute Gasteiger partial charge is 0.224 e. The lowest BCUT2D eigenvalue weighted by atomic mass is 10.1. The molecule has 0 radical (unpaired) electrons. The van der Waals surface area contributed by atoms with Gasteiger partial charge < -0.3 is 16.8 Å². The molecule has 1 heterocycles. The highest BCUT2D eigenvalue weighted by Crippen LogP contribution is 2.30. The maximum absolute atomic E-state index is 11.3. The van der Waals surface area contributed by atoms with Gasteiger partial charge in [0.15, 0.2) is 0 Å². The molecule has 5 N–H and O–H groups in total. The minimum atomic E-state index is 0.0280. The summed E-state index contributed by atoms with van der Waals surface area (Å²) >= 11 is 0. The molecule has 0 atom stereocenters. The predicted octanol–water partition coefficient (Wildman–Crippen LogP) is 1.13. The lowest BCUT2D eigenvalue weighted by molar-refractivity contribution is -0.116. The molecule has 1 aliphatic rings. The zero-order chi connectivity index (χ0) is 10.1. The average Bonchev–Trinajstić information content (AvgIpc) is 2.27. The fourth-order valence-electron chi connectivity index (χ4n) is 1.74. The van der Waals surface area contributed by atoms with E-state index in [-0.39, 0.29) is 5.91 Å². The Hall–Kier alpha value is -1.71. The van der Waals surface area contributed by atoms with Crippen LogP contribution >= 0.6 is 0 Å². The van der Waals surface area contributed by atoms with Crippen LogP contribution in [0.3, 0.4) is 0 Å². The molecule has 1 aromatic rings. The fraction of sp³-hybridized carbons (Fsp3) is 0.300. The number of hydrogen-bond donors (Lipinski definition) is 3. The molecule has 0 unspecified atom stereocenters. The van der Waals surface area contributed by atoms with E-state index in [1.165, 1.54) is 0 Å². The van der Waals surface area contributed by atoms with Crippen molar-refractivity contribution in [3.8, 4) is 0 Å². The van der Waals surface area contributed by atoms with E-state index in [9.17, 15) is 4.79 Å². The molecule has 2 rings (SSSR count). The Balaban J connectivity index is 2.50. The van der Waals surface area contributed by atoms with Crippen LogP contribution in [0.4, 0.5) is 17.1 Å². The molecule has 0 aromatic heterocycles. The highest BCUT2D eigenvalue weighted by Gasteiger charge is 2.15.